The third-order valence-electron chi connectivity index (χ3n) is 1.85. The van der Waals surface area contributed by atoms with E-state index in [0.29, 0.717) is 0 Å². The topological polar surface area (TPSA) is 37.3 Å². The van der Waals surface area contributed by atoms with Gasteiger partial charge in [0.25, 0.3) is 0 Å². The highest BCUT2D eigenvalue weighted by molar-refractivity contribution is 7.79. The summed E-state index contributed by atoms with van der Waals surface area (Å²) in [5, 5.41) is 0. The largest absolute Gasteiger partial charge is 0.306 e. The van der Waals surface area contributed by atoms with Crippen molar-refractivity contribution in [3.05, 3.63) is 36.0 Å². The van der Waals surface area contributed by atoms with E-state index in [9.17, 15) is 4.21 Å². The van der Waals surface area contributed by atoms with Crippen LogP contribution in [-0.4, -0.2) is 14.5 Å². The summed E-state index contributed by atoms with van der Waals surface area (Å²) in [4.78, 5) is 0. The maximum Gasteiger partial charge on any atom is 0.157 e. The van der Waals surface area contributed by atoms with E-state index < -0.39 is 11.1 Å². The summed E-state index contributed by atoms with van der Waals surface area (Å²) in [6.45, 7) is 4.18. The predicted octanol–water partition coefficient (Wildman–Crippen LogP) is 2.29. The van der Waals surface area contributed by atoms with Gasteiger partial charge in [0.15, 0.2) is 11.1 Å². The van der Waals surface area contributed by atoms with Crippen LogP contribution < -0.4 is 0 Å². The molecule has 0 saturated heterocycles. The van der Waals surface area contributed by atoms with Gasteiger partial charge in [-0.1, -0.05) is 44.2 Å². The van der Waals surface area contributed by atoms with E-state index >= 15 is 0 Å². The van der Waals surface area contributed by atoms with E-state index in [0.717, 1.165) is 5.57 Å². The second-order valence-electron chi connectivity index (χ2n) is 3.72. The second kappa shape index (κ2) is 4.03. The lowest BCUT2D eigenvalue weighted by Crippen LogP contribution is -2.01. The van der Waals surface area contributed by atoms with E-state index in [1.165, 1.54) is 0 Å². The summed E-state index contributed by atoms with van der Waals surface area (Å²) in [5.74, 6) is 0.205. The Bertz CT molecular complexity index is 298. The summed E-state index contributed by atoms with van der Waals surface area (Å²) in [6.07, 6.45) is 9.82. The minimum atomic E-state index is -1.75. The van der Waals surface area contributed by atoms with Crippen LogP contribution in [0, 0.1) is 5.41 Å². The quantitative estimate of drug-likeness (QED) is 0.691. The zero-order valence-electron chi connectivity index (χ0n) is 7.86. The van der Waals surface area contributed by atoms with Crippen LogP contribution in [-0.2, 0) is 11.1 Å². The normalized spacial score (nSPS) is 22.2. The average molecular weight is 198 g/mol. The number of allylic oxidation sites excluding steroid dienone is 5. The zero-order chi connectivity index (χ0) is 9.90. The van der Waals surface area contributed by atoms with Gasteiger partial charge in [0.1, 0.15) is 0 Å². The molecule has 1 unspecified atom stereocenters. The zero-order valence-corrected chi connectivity index (χ0v) is 8.67. The summed E-state index contributed by atoms with van der Waals surface area (Å²) in [6, 6.07) is 0. The molecule has 2 nitrogen and oxygen atoms in total. The van der Waals surface area contributed by atoms with E-state index in [1.54, 1.807) is 0 Å². The Morgan fingerprint density at radius 3 is 2.77 bits per heavy atom. The summed E-state index contributed by atoms with van der Waals surface area (Å²) in [5.41, 5.74) is 0.928. The minimum absolute atomic E-state index is 0.0369. The molecule has 0 spiro atoms. The van der Waals surface area contributed by atoms with Crippen LogP contribution in [0.15, 0.2) is 36.0 Å². The molecule has 0 bridgehead atoms. The van der Waals surface area contributed by atoms with Crippen LogP contribution in [0.4, 0.5) is 0 Å². The fraction of sp³-hybridized carbons (Fsp3) is 0.400. The monoisotopic (exact) mass is 198 g/mol. The van der Waals surface area contributed by atoms with Crippen LogP contribution in [0.2, 0.25) is 0 Å². The Morgan fingerprint density at radius 2 is 2.15 bits per heavy atom. The first-order valence-corrected chi connectivity index (χ1v) is 5.42. The third-order valence-corrected chi connectivity index (χ3v) is 2.43. The van der Waals surface area contributed by atoms with Gasteiger partial charge in [0.2, 0.25) is 0 Å². The summed E-state index contributed by atoms with van der Waals surface area (Å²) < 4.78 is 19.3. The van der Waals surface area contributed by atoms with Gasteiger partial charge < -0.3 is 4.55 Å². The first-order valence-electron chi connectivity index (χ1n) is 4.15. The van der Waals surface area contributed by atoms with Crippen molar-refractivity contribution < 1.29 is 8.76 Å². The van der Waals surface area contributed by atoms with Gasteiger partial charge in [-0.25, -0.2) is 4.21 Å². The highest BCUT2D eigenvalue weighted by atomic mass is 32.2. The third kappa shape index (κ3) is 3.70. The van der Waals surface area contributed by atoms with Gasteiger partial charge in [-0.2, -0.15) is 0 Å². The van der Waals surface area contributed by atoms with E-state index in [1.807, 2.05) is 24.3 Å². The van der Waals surface area contributed by atoms with Crippen molar-refractivity contribution in [2.24, 2.45) is 5.41 Å². The molecule has 0 aliphatic heterocycles. The predicted molar refractivity (Wildman–Crippen MR) is 55.8 cm³/mol. The first-order chi connectivity index (χ1) is 5.99. The van der Waals surface area contributed by atoms with Crippen LogP contribution in [0.5, 0.6) is 0 Å². The van der Waals surface area contributed by atoms with Crippen LogP contribution in [0.3, 0.4) is 0 Å². The van der Waals surface area contributed by atoms with Crippen molar-refractivity contribution in [2.75, 3.05) is 5.75 Å². The molecule has 0 amide bonds. The molecular formula is C10H14O2S. The Morgan fingerprint density at radius 1 is 1.46 bits per heavy atom. The van der Waals surface area contributed by atoms with Gasteiger partial charge in [-0.15, -0.1) is 0 Å². The molecule has 1 N–H and O–H groups in total. The maximum atomic E-state index is 10.6. The van der Waals surface area contributed by atoms with Crippen LogP contribution in [0.25, 0.3) is 0 Å². The Kier molecular flexibility index (Phi) is 3.22. The van der Waals surface area contributed by atoms with E-state index in [4.69, 9.17) is 4.55 Å². The molecule has 1 aliphatic rings. The lowest BCUT2D eigenvalue weighted by Gasteiger charge is -2.12. The lowest BCUT2D eigenvalue weighted by atomic mass is 9.93. The van der Waals surface area contributed by atoms with Gasteiger partial charge in [-0.05, 0) is 5.57 Å². The molecule has 0 saturated carbocycles. The van der Waals surface area contributed by atoms with Crippen molar-refractivity contribution in [2.45, 2.75) is 13.8 Å². The minimum Gasteiger partial charge on any atom is -0.306 e. The molecule has 0 radical (unpaired) electrons. The first kappa shape index (κ1) is 10.4. The number of rotatable bonds is 2. The highest BCUT2D eigenvalue weighted by Gasteiger charge is 2.10. The van der Waals surface area contributed by atoms with Crippen molar-refractivity contribution in [3.63, 3.8) is 0 Å². The lowest BCUT2D eigenvalue weighted by molar-refractivity contribution is 0.567. The molecule has 0 heterocycles. The van der Waals surface area contributed by atoms with Crippen LogP contribution in [0.1, 0.15) is 13.8 Å². The van der Waals surface area contributed by atoms with Crippen LogP contribution >= 0.6 is 0 Å². The Labute approximate surface area is 81.3 Å². The summed E-state index contributed by atoms with van der Waals surface area (Å²) >= 11 is -1.75. The molecule has 0 aromatic rings. The summed E-state index contributed by atoms with van der Waals surface area (Å²) in [7, 11) is 0. The molecule has 0 aromatic carbocycles. The second-order valence-corrected chi connectivity index (χ2v) is 4.65. The number of hydrogen-bond donors (Lipinski definition) is 1. The fourth-order valence-corrected chi connectivity index (χ4v) is 1.57. The molecule has 1 atom stereocenters. The van der Waals surface area contributed by atoms with Gasteiger partial charge >= 0.3 is 0 Å². The standard InChI is InChI=1S/C10H14O2S/c1-10(2)6-3-4-9(5-7-10)8-13(11)12/h3-7H,8H2,1-2H3,(H,11,12). The van der Waals surface area contributed by atoms with Crippen molar-refractivity contribution in [1.29, 1.82) is 0 Å². The van der Waals surface area contributed by atoms with Gasteiger partial charge in [0.05, 0.1) is 5.75 Å². The smallest absolute Gasteiger partial charge is 0.157 e. The number of hydrogen-bond acceptors (Lipinski definition) is 1. The van der Waals surface area contributed by atoms with E-state index in [2.05, 4.69) is 19.9 Å². The molecule has 72 valence electrons. The molecule has 0 fully saturated rings. The van der Waals surface area contributed by atoms with Crippen molar-refractivity contribution in [1.82, 2.24) is 0 Å². The molecule has 0 aromatic heterocycles. The highest BCUT2D eigenvalue weighted by Crippen LogP contribution is 2.22. The molecule has 1 rings (SSSR count). The molecule has 3 heteroatoms. The van der Waals surface area contributed by atoms with Gasteiger partial charge in [0, 0.05) is 5.41 Å². The average Bonchev–Trinajstić information content (AvgIpc) is 2.12. The molecule has 1 aliphatic carbocycles. The van der Waals surface area contributed by atoms with Gasteiger partial charge in [-0.3, -0.25) is 0 Å². The molecular weight excluding hydrogens is 184 g/mol. The Balaban J connectivity index is 2.76. The van der Waals surface area contributed by atoms with Crippen molar-refractivity contribution in [3.8, 4) is 0 Å². The molecule has 13 heavy (non-hydrogen) atoms. The SMILES string of the molecule is CC1(C)C=CC=C(CS(=O)O)C=C1. The Hall–Kier alpha value is -0.670. The van der Waals surface area contributed by atoms with E-state index in [-0.39, 0.29) is 11.2 Å². The maximum absolute atomic E-state index is 10.6. The van der Waals surface area contributed by atoms with Crippen molar-refractivity contribution >= 4 is 11.1 Å². The fourth-order valence-electron chi connectivity index (χ4n) is 1.09.